The Balaban J connectivity index is 1.67. The summed E-state index contributed by atoms with van der Waals surface area (Å²) < 4.78 is 25.2. The van der Waals surface area contributed by atoms with Crippen molar-refractivity contribution in [1.82, 2.24) is 0 Å². The second-order valence-electron chi connectivity index (χ2n) is 6.70. The Labute approximate surface area is 159 Å². The molecule has 0 bridgehead atoms. The highest BCUT2D eigenvalue weighted by molar-refractivity contribution is 7.91. The van der Waals surface area contributed by atoms with Gasteiger partial charge in [0.25, 0.3) is 0 Å². The summed E-state index contributed by atoms with van der Waals surface area (Å²) in [7, 11) is -3.58. The van der Waals surface area contributed by atoms with Crippen molar-refractivity contribution < 1.29 is 18.0 Å². The number of carbonyl (C=O) groups is 2. The van der Waals surface area contributed by atoms with Crippen molar-refractivity contribution in [3.05, 3.63) is 53.6 Å². The van der Waals surface area contributed by atoms with Gasteiger partial charge in [0.1, 0.15) is 0 Å². The lowest BCUT2D eigenvalue weighted by atomic mass is 10.2. The summed E-state index contributed by atoms with van der Waals surface area (Å²) in [5.74, 6) is -0.662. The predicted octanol–water partition coefficient (Wildman–Crippen LogP) is 2.71. The molecular weight excluding hydrogens is 364 g/mol. The molecule has 3 rings (SSSR count). The van der Waals surface area contributed by atoms with Crippen LogP contribution in [0.3, 0.4) is 0 Å². The van der Waals surface area contributed by atoms with Gasteiger partial charge in [-0.05, 0) is 54.8 Å². The second kappa shape index (κ2) is 7.52. The molecule has 0 saturated carbocycles. The molecule has 0 fully saturated rings. The van der Waals surface area contributed by atoms with Gasteiger partial charge in [0.15, 0.2) is 9.84 Å². The van der Waals surface area contributed by atoms with E-state index in [1.807, 2.05) is 25.1 Å². The average Bonchev–Trinajstić information content (AvgIpc) is 3.03. The molecule has 7 heteroatoms. The monoisotopic (exact) mass is 386 g/mol. The highest BCUT2D eigenvalue weighted by Gasteiger charge is 2.25. The van der Waals surface area contributed by atoms with Crippen molar-refractivity contribution in [2.24, 2.45) is 0 Å². The van der Waals surface area contributed by atoms with Gasteiger partial charge in [-0.2, -0.15) is 0 Å². The molecule has 1 heterocycles. The van der Waals surface area contributed by atoms with Crippen LogP contribution < -0.4 is 10.2 Å². The van der Waals surface area contributed by atoms with E-state index in [-0.39, 0.29) is 28.9 Å². The zero-order valence-corrected chi connectivity index (χ0v) is 16.2. The molecule has 0 atom stereocenters. The summed E-state index contributed by atoms with van der Waals surface area (Å²) in [6, 6.07) is 12.1. The molecule has 0 unspecified atom stereocenters. The zero-order chi connectivity index (χ0) is 19.6. The lowest BCUT2D eigenvalue weighted by molar-refractivity contribution is -0.117. The highest BCUT2D eigenvalue weighted by Crippen LogP contribution is 2.30. The first-order chi connectivity index (χ1) is 12.8. The third-order valence-electron chi connectivity index (χ3n) is 4.59. The largest absolute Gasteiger partial charge is 0.326 e. The Morgan fingerprint density at radius 3 is 2.63 bits per heavy atom. The molecule has 0 aliphatic carbocycles. The highest BCUT2D eigenvalue weighted by atomic mass is 32.2. The van der Waals surface area contributed by atoms with E-state index in [2.05, 4.69) is 5.32 Å². The summed E-state index contributed by atoms with van der Waals surface area (Å²) in [6.45, 7) is 3.97. The molecule has 1 N–H and O–H groups in total. The first-order valence-electron chi connectivity index (χ1n) is 8.76. The summed E-state index contributed by atoms with van der Waals surface area (Å²) in [5.41, 5.74) is 3.27. The number of sulfone groups is 1. The van der Waals surface area contributed by atoms with Gasteiger partial charge in [0.05, 0.1) is 10.6 Å². The first-order valence-corrected chi connectivity index (χ1v) is 10.4. The van der Waals surface area contributed by atoms with Crippen molar-refractivity contribution in [3.63, 3.8) is 0 Å². The molecule has 27 heavy (non-hydrogen) atoms. The predicted molar refractivity (Wildman–Crippen MR) is 105 cm³/mol. The molecule has 0 aromatic heterocycles. The molecule has 2 aromatic rings. The summed E-state index contributed by atoms with van der Waals surface area (Å²) in [5, 5.41) is 2.72. The van der Waals surface area contributed by atoms with Gasteiger partial charge < -0.3 is 10.2 Å². The molecule has 0 spiro atoms. The number of fused-ring (bicyclic) bond motifs is 1. The van der Waals surface area contributed by atoms with Crippen LogP contribution in [0.2, 0.25) is 0 Å². The topological polar surface area (TPSA) is 83.6 Å². The quantitative estimate of drug-likeness (QED) is 0.856. The standard InChI is InChI=1S/C20H22N2O4S/c1-14-4-3-5-17(12-14)21-20(24)9-11-27(25,26)18-6-7-19-16(13-18)8-10-22(19)15(2)23/h3-7,12-13H,8-11H2,1-2H3,(H,21,24). The maximum Gasteiger partial charge on any atom is 0.225 e. The maximum atomic E-state index is 12.6. The average molecular weight is 386 g/mol. The molecule has 6 nitrogen and oxygen atoms in total. The smallest absolute Gasteiger partial charge is 0.225 e. The van der Waals surface area contributed by atoms with Gasteiger partial charge in [0, 0.05) is 31.3 Å². The second-order valence-corrected chi connectivity index (χ2v) is 8.81. The van der Waals surface area contributed by atoms with Crippen molar-refractivity contribution >= 4 is 33.0 Å². The Kier molecular flexibility index (Phi) is 5.32. The maximum absolute atomic E-state index is 12.6. The summed E-state index contributed by atoms with van der Waals surface area (Å²) in [4.78, 5) is 25.5. The van der Waals surface area contributed by atoms with Crippen LogP contribution in [0.25, 0.3) is 0 Å². The molecular formula is C20H22N2O4S. The third kappa shape index (κ3) is 4.36. The fourth-order valence-electron chi connectivity index (χ4n) is 3.19. The number of nitrogens with zero attached hydrogens (tertiary/aromatic N) is 1. The molecule has 2 aromatic carbocycles. The van der Waals surface area contributed by atoms with Gasteiger partial charge in [0.2, 0.25) is 11.8 Å². The third-order valence-corrected chi connectivity index (χ3v) is 6.30. The number of hydrogen-bond donors (Lipinski definition) is 1. The van der Waals surface area contributed by atoms with E-state index in [0.717, 1.165) is 16.8 Å². The van der Waals surface area contributed by atoms with Gasteiger partial charge >= 0.3 is 0 Å². The van der Waals surface area contributed by atoms with Crippen LogP contribution in [-0.2, 0) is 25.8 Å². The van der Waals surface area contributed by atoms with Gasteiger partial charge in [-0.3, -0.25) is 9.59 Å². The fourth-order valence-corrected chi connectivity index (χ4v) is 4.48. The van der Waals surface area contributed by atoms with Crippen LogP contribution in [0.15, 0.2) is 47.4 Å². The summed E-state index contributed by atoms with van der Waals surface area (Å²) in [6.07, 6.45) is 0.513. The minimum absolute atomic E-state index is 0.0582. The van der Waals surface area contributed by atoms with Crippen molar-refractivity contribution in [2.75, 3.05) is 22.5 Å². The van der Waals surface area contributed by atoms with Crippen LogP contribution in [-0.4, -0.2) is 32.5 Å². The van der Waals surface area contributed by atoms with E-state index in [1.165, 1.54) is 13.0 Å². The molecule has 2 amide bonds. The number of anilines is 2. The minimum atomic E-state index is -3.58. The van der Waals surface area contributed by atoms with Crippen molar-refractivity contribution in [3.8, 4) is 0 Å². The van der Waals surface area contributed by atoms with Crippen molar-refractivity contribution in [1.29, 1.82) is 0 Å². The number of carbonyl (C=O) groups excluding carboxylic acids is 2. The van der Waals surface area contributed by atoms with Crippen LogP contribution in [0.1, 0.15) is 24.5 Å². The Morgan fingerprint density at radius 2 is 1.93 bits per heavy atom. The van der Waals surface area contributed by atoms with E-state index in [4.69, 9.17) is 0 Å². The van der Waals surface area contributed by atoms with Crippen LogP contribution in [0.4, 0.5) is 11.4 Å². The molecule has 1 aliphatic rings. The SMILES string of the molecule is CC(=O)N1CCc2cc(S(=O)(=O)CCC(=O)Nc3cccc(C)c3)ccc21. The van der Waals surface area contributed by atoms with Crippen LogP contribution in [0.5, 0.6) is 0 Å². The minimum Gasteiger partial charge on any atom is -0.326 e. The van der Waals surface area contributed by atoms with Gasteiger partial charge in [-0.15, -0.1) is 0 Å². The number of amides is 2. The van der Waals surface area contributed by atoms with Gasteiger partial charge in [-0.1, -0.05) is 12.1 Å². The fraction of sp³-hybridized carbons (Fsp3) is 0.300. The number of hydrogen-bond acceptors (Lipinski definition) is 4. The number of nitrogens with one attached hydrogen (secondary N) is 1. The van der Waals surface area contributed by atoms with E-state index in [1.54, 1.807) is 23.1 Å². The molecule has 142 valence electrons. The number of benzene rings is 2. The molecule has 1 aliphatic heterocycles. The van der Waals surface area contributed by atoms with Crippen LogP contribution in [0, 0.1) is 6.92 Å². The lowest BCUT2D eigenvalue weighted by Gasteiger charge is -2.15. The van der Waals surface area contributed by atoms with E-state index < -0.39 is 9.84 Å². The van der Waals surface area contributed by atoms with E-state index >= 15 is 0 Å². The van der Waals surface area contributed by atoms with Crippen LogP contribution >= 0.6 is 0 Å². The van der Waals surface area contributed by atoms with E-state index in [9.17, 15) is 18.0 Å². The van der Waals surface area contributed by atoms with E-state index in [0.29, 0.717) is 18.7 Å². The first kappa shape index (κ1) is 19.1. The lowest BCUT2D eigenvalue weighted by Crippen LogP contribution is -2.25. The number of aryl methyl sites for hydroxylation is 1. The number of rotatable bonds is 5. The molecule has 0 radical (unpaired) electrons. The Morgan fingerprint density at radius 1 is 1.15 bits per heavy atom. The Hall–Kier alpha value is -2.67. The van der Waals surface area contributed by atoms with Crippen molar-refractivity contribution in [2.45, 2.75) is 31.6 Å². The normalized spacial score (nSPS) is 13.3. The zero-order valence-electron chi connectivity index (χ0n) is 15.4. The Bertz CT molecular complexity index is 999. The molecule has 0 saturated heterocycles. The van der Waals surface area contributed by atoms with Gasteiger partial charge in [-0.25, -0.2) is 8.42 Å². The summed E-state index contributed by atoms with van der Waals surface area (Å²) >= 11 is 0.